The molecule has 0 aromatic carbocycles. The van der Waals surface area contributed by atoms with E-state index in [0.717, 1.165) is 25.9 Å². The van der Waals surface area contributed by atoms with Gasteiger partial charge in [-0.25, -0.2) is 0 Å². The maximum absolute atomic E-state index is 4.18. The highest BCUT2D eigenvalue weighted by Crippen LogP contribution is 1.95. The summed E-state index contributed by atoms with van der Waals surface area (Å²) in [5, 5.41) is 7.66. The molecule has 1 rings (SSSR count). The van der Waals surface area contributed by atoms with Gasteiger partial charge in [-0.2, -0.15) is 5.10 Å². The van der Waals surface area contributed by atoms with Gasteiger partial charge in [0.1, 0.15) is 0 Å². The molecular formula is C12H21N3. The van der Waals surface area contributed by atoms with Crippen LogP contribution in [0.1, 0.15) is 26.7 Å². The molecule has 1 aromatic rings. The summed E-state index contributed by atoms with van der Waals surface area (Å²) in [5.41, 5.74) is 0. The molecule has 0 aliphatic carbocycles. The topological polar surface area (TPSA) is 29.9 Å². The average molecular weight is 207 g/mol. The molecule has 0 amide bonds. The van der Waals surface area contributed by atoms with Crippen LogP contribution in [0.2, 0.25) is 0 Å². The van der Waals surface area contributed by atoms with Crippen molar-refractivity contribution >= 4 is 0 Å². The van der Waals surface area contributed by atoms with Crippen molar-refractivity contribution in [3.8, 4) is 0 Å². The van der Waals surface area contributed by atoms with Crippen LogP contribution in [0.3, 0.4) is 0 Å². The fourth-order valence-electron chi connectivity index (χ4n) is 1.44. The molecule has 1 N–H and O–H groups in total. The van der Waals surface area contributed by atoms with Crippen LogP contribution in [0.4, 0.5) is 0 Å². The van der Waals surface area contributed by atoms with E-state index in [1.54, 1.807) is 0 Å². The third-order valence-electron chi connectivity index (χ3n) is 2.39. The summed E-state index contributed by atoms with van der Waals surface area (Å²) in [7, 11) is 0. The van der Waals surface area contributed by atoms with Crippen molar-refractivity contribution in [1.82, 2.24) is 15.1 Å². The number of nitrogens with zero attached hydrogens (tertiary/aromatic N) is 2. The van der Waals surface area contributed by atoms with Crippen molar-refractivity contribution in [2.75, 3.05) is 6.54 Å². The average Bonchev–Trinajstić information content (AvgIpc) is 2.74. The van der Waals surface area contributed by atoms with Gasteiger partial charge in [-0.3, -0.25) is 4.68 Å². The largest absolute Gasteiger partial charge is 0.314 e. The Kier molecular flexibility index (Phi) is 5.78. The van der Waals surface area contributed by atoms with E-state index in [1.807, 2.05) is 23.1 Å². The Morgan fingerprint density at radius 3 is 3.07 bits per heavy atom. The first-order valence-electron chi connectivity index (χ1n) is 5.65. The van der Waals surface area contributed by atoms with Crippen LogP contribution in [0.25, 0.3) is 0 Å². The molecule has 0 saturated heterocycles. The Morgan fingerprint density at radius 2 is 2.40 bits per heavy atom. The molecule has 0 fully saturated rings. The summed E-state index contributed by atoms with van der Waals surface area (Å²) >= 11 is 0. The van der Waals surface area contributed by atoms with Crippen LogP contribution < -0.4 is 5.32 Å². The van der Waals surface area contributed by atoms with Gasteiger partial charge < -0.3 is 5.32 Å². The molecule has 84 valence electrons. The minimum absolute atomic E-state index is 0.555. The maximum atomic E-state index is 4.18. The summed E-state index contributed by atoms with van der Waals surface area (Å²) in [6.45, 7) is 6.33. The van der Waals surface area contributed by atoms with Crippen LogP contribution in [0.5, 0.6) is 0 Å². The minimum atomic E-state index is 0.555. The predicted octanol–water partition coefficient (Wildman–Crippen LogP) is 2.22. The Hall–Kier alpha value is -1.09. The van der Waals surface area contributed by atoms with E-state index in [1.165, 1.54) is 0 Å². The molecule has 1 unspecified atom stereocenters. The highest BCUT2D eigenvalue weighted by atomic mass is 15.3. The zero-order valence-electron chi connectivity index (χ0n) is 9.69. The first kappa shape index (κ1) is 12.0. The van der Waals surface area contributed by atoms with E-state index >= 15 is 0 Å². The molecule has 1 aromatic heterocycles. The second-order valence-electron chi connectivity index (χ2n) is 3.77. The smallest absolute Gasteiger partial charge is 0.0489 e. The van der Waals surface area contributed by atoms with Gasteiger partial charge in [-0.1, -0.05) is 12.2 Å². The molecule has 0 saturated carbocycles. The van der Waals surface area contributed by atoms with Gasteiger partial charge >= 0.3 is 0 Å². The summed E-state index contributed by atoms with van der Waals surface area (Å²) in [5.74, 6) is 0. The Labute approximate surface area is 92.2 Å². The standard InChI is InChI=1S/C12H21N3/c1-3-4-5-8-13-12(2)7-11-15-10-6-9-14-15/h3-4,6,9-10,12-13H,5,7-8,11H2,1-2H3/b4-3+. The number of rotatable bonds is 7. The Bertz CT molecular complexity index is 264. The third kappa shape index (κ3) is 5.37. The van der Waals surface area contributed by atoms with E-state index < -0.39 is 0 Å². The molecule has 0 radical (unpaired) electrons. The predicted molar refractivity (Wildman–Crippen MR) is 63.7 cm³/mol. The lowest BCUT2D eigenvalue weighted by Crippen LogP contribution is -2.28. The fourth-order valence-corrected chi connectivity index (χ4v) is 1.44. The molecule has 0 bridgehead atoms. The highest BCUT2D eigenvalue weighted by molar-refractivity contribution is 4.79. The van der Waals surface area contributed by atoms with Gasteiger partial charge in [0.15, 0.2) is 0 Å². The van der Waals surface area contributed by atoms with Gasteiger partial charge in [-0.05, 0) is 39.3 Å². The molecule has 3 heteroatoms. The van der Waals surface area contributed by atoms with Crippen LogP contribution in [-0.2, 0) is 6.54 Å². The van der Waals surface area contributed by atoms with Gasteiger partial charge in [0.25, 0.3) is 0 Å². The zero-order valence-corrected chi connectivity index (χ0v) is 9.69. The number of aromatic nitrogens is 2. The number of hydrogen-bond donors (Lipinski definition) is 1. The summed E-state index contributed by atoms with van der Waals surface area (Å²) < 4.78 is 1.98. The van der Waals surface area contributed by atoms with Crippen LogP contribution in [0.15, 0.2) is 30.6 Å². The van der Waals surface area contributed by atoms with Crippen LogP contribution in [-0.4, -0.2) is 22.4 Å². The van der Waals surface area contributed by atoms with Crippen molar-refractivity contribution in [3.05, 3.63) is 30.6 Å². The van der Waals surface area contributed by atoms with E-state index in [9.17, 15) is 0 Å². The molecule has 3 nitrogen and oxygen atoms in total. The van der Waals surface area contributed by atoms with Gasteiger partial charge in [0.05, 0.1) is 0 Å². The van der Waals surface area contributed by atoms with E-state index in [4.69, 9.17) is 0 Å². The van der Waals surface area contributed by atoms with E-state index in [0.29, 0.717) is 6.04 Å². The lowest BCUT2D eigenvalue weighted by Gasteiger charge is -2.12. The van der Waals surface area contributed by atoms with E-state index in [2.05, 4.69) is 36.4 Å². The molecule has 1 heterocycles. The molecule has 0 aliphatic heterocycles. The quantitative estimate of drug-likeness (QED) is 0.549. The lowest BCUT2D eigenvalue weighted by molar-refractivity contribution is 0.462. The fraction of sp³-hybridized carbons (Fsp3) is 0.583. The zero-order chi connectivity index (χ0) is 10.9. The van der Waals surface area contributed by atoms with Crippen molar-refractivity contribution in [2.24, 2.45) is 0 Å². The van der Waals surface area contributed by atoms with Crippen molar-refractivity contribution in [3.63, 3.8) is 0 Å². The van der Waals surface area contributed by atoms with E-state index in [-0.39, 0.29) is 0 Å². The maximum Gasteiger partial charge on any atom is 0.0489 e. The van der Waals surface area contributed by atoms with Crippen molar-refractivity contribution < 1.29 is 0 Å². The number of hydrogen-bond acceptors (Lipinski definition) is 2. The first-order valence-corrected chi connectivity index (χ1v) is 5.65. The Morgan fingerprint density at radius 1 is 1.53 bits per heavy atom. The SMILES string of the molecule is C/C=C/CCNC(C)CCn1cccn1. The Balaban J connectivity index is 2.06. The normalized spacial score (nSPS) is 13.5. The highest BCUT2D eigenvalue weighted by Gasteiger charge is 2.00. The lowest BCUT2D eigenvalue weighted by atomic mass is 10.2. The molecule has 1 atom stereocenters. The number of allylic oxidation sites excluding steroid dienone is 1. The molecule has 15 heavy (non-hydrogen) atoms. The van der Waals surface area contributed by atoms with Crippen LogP contribution >= 0.6 is 0 Å². The summed E-state index contributed by atoms with van der Waals surface area (Å²) in [6, 6.07) is 2.52. The molecule has 0 spiro atoms. The summed E-state index contributed by atoms with van der Waals surface area (Å²) in [6.07, 6.45) is 10.3. The van der Waals surface area contributed by atoms with Gasteiger partial charge in [-0.15, -0.1) is 0 Å². The second-order valence-corrected chi connectivity index (χ2v) is 3.77. The van der Waals surface area contributed by atoms with Crippen molar-refractivity contribution in [1.29, 1.82) is 0 Å². The number of nitrogens with one attached hydrogen (secondary N) is 1. The molecule has 0 aliphatic rings. The minimum Gasteiger partial charge on any atom is -0.314 e. The molecular weight excluding hydrogens is 186 g/mol. The van der Waals surface area contributed by atoms with Crippen molar-refractivity contribution in [2.45, 2.75) is 39.3 Å². The summed E-state index contributed by atoms with van der Waals surface area (Å²) in [4.78, 5) is 0. The number of aryl methyl sites for hydroxylation is 1. The van der Waals surface area contributed by atoms with Gasteiger partial charge in [0, 0.05) is 25.0 Å². The monoisotopic (exact) mass is 207 g/mol. The van der Waals surface area contributed by atoms with Crippen LogP contribution in [0, 0.1) is 0 Å². The first-order chi connectivity index (χ1) is 7.33. The van der Waals surface area contributed by atoms with Gasteiger partial charge in [0.2, 0.25) is 0 Å². The second kappa shape index (κ2) is 7.23. The third-order valence-corrected chi connectivity index (χ3v) is 2.39.